The molecule has 1 saturated carbocycles. The van der Waals surface area contributed by atoms with Gasteiger partial charge in [-0.15, -0.1) is 0 Å². The number of allylic oxidation sites excluding steroid dienone is 4. The van der Waals surface area contributed by atoms with E-state index in [1.165, 1.54) is 44.9 Å². The average molecular weight is 723 g/mol. The first-order valence-corrected chi connectivity index (χ1v) is 19.6. The minimum absolute atomic E-state index is 0.00764. The van der Waals surface area contributed by atoms with E-state index in [9.17, 15) is 44.6 Å². The number of hydrogen-bond donors (Lipinski definition) is 6. The number of esters is 2. The van der Waals surface area contributed by atoms with Crippen molar-refractivity contribution in [1.82, 2.24) is 0 Å². The van der Waals surface area contributed by atoms with Gasteiger partial charge in [0.1, 0.15) is 43.2 Å². The fourth-order valence-electron chi connectivity index (χ4n) is 5.28. The number of aliphatic hydroxyl groups excluding tert-OH is 5. The number of carbonyl (C=O) groups is 2. The summed E-state index contributed by atoms with van der Waals surface area (Å²) in [5, 5.41) is 49.7. The van der Waals surface area contributed by atoms with E-state index in [0.29, 0.717) is 12.8 Å². The van der Waals surface area contributed by atoms with Crippen molar-refractivity contribution in [2.75, 3.05) is 13.2 Å². The molecule has 13 nitrogen and oxygen atoms in total. The molecule has 0 bridgehead atoms. The van der Waals surface area contributed by atoms with Crippen LogP contribution in [0.3, 0.4) is 0 Å². The van der Waals surface area contributed by atoms with Crippen molar-refractivity contribution in [3.05, 3.63) is 24.3 Å². The zero-order valence-corrected chi connectivity index (χ0v) is 30.4. The van der Waals surface area contributed by atoms with Gasteiger partial charge in [0.2, 0.25) is 0 Å². The first-order chi connectivity index (χ1) is 23.4. The number of aliphatic hydroxyl groups is 5. The smallest absolute Gasteiger partial charge is 0.462 e. The Morgan fingerprint density at radius 1 is 0.633 bits per heavy atom. The first-order valence-electron chi connectivity index (χ1n) is 18.1. The van der Waals surface area contributed by atoms with Crippen molar-refractivity contribution < 1.29 is 63.1 Å². The van der Waals surface area contributed by atoms with E-state index in [1.807, 2.05) is 12.2 Å². The minimum atomic E-state index is -5.11. The summed E-state index contributed by atoms with van der Waals surface area (Å²) in [6.45, 7) is 3.13. The van der Waals surface area contributed by atoms with Crippen molar-refractivity contribution in [2.24, 2.45) is 0 Å². The quantitative estimate of drug-likeness (QED) is 0.0274. The second kappa shape index (κ2) is 27.0. The Hall–Kier alpha value is -1.67. The van der Waals surface area contributed by atoms with E-state index < -0.39 is 75.7 Å². The predicted octanol–water partition coefficient (Wildman–Crippen LogP) is 4.94. The molecule has 0 spiro atoms. The molecule has 1 fully saturated rings. The van der Waals surface area contributed by atoms with Crippen molar-refractivity contribution >= 4 is 19.8 Å². The normalized spacial score (nSPS) is 24.7. The molecule has 0 heterocycles. The van der Waals surface area contributed by atoms with Crippen LogP contribution in [0.15, 0.2) is 24.3 Å². The van der Waals surface area contributed by atoms with Crippen LogP contribution in [0.2, 0.25) is 0 Å². The molecular weight excluding hydrogens is 659 g/mol. The van der Waals surface area contributed by atoms with E-state index in [2.05, 4.69) is 26.0 Å². The van der Waals surface area contributed by atoms with Crippen LogP contribution in [0, 0.1) is 0 Å². The summed E-state index contributed by atoms with van der Waals surface area (Å²) in [5.74, 6) is -1.19. The molecule has 0 amide bonds. The monoisotopic (exact) mass is 722 g/mol. The fourth-order valence-corrected chi connectivity index (χ4v) is 6.25. The number of ether oxygens (including phenoxy) is 2. The van der Waals surface area contributed by atoms with Gasteiger partial charge in [-0.2, -0.15) is 0 Å². The van der Waals surface area contributed by atoms with E-state index >= 15 is 0 Å². The Kier molecular flexibility index (Phi) is 25.0. The third kappa shape index (κ3) is 20.7. The van der Waals surface area contributed by atoms with Gasteiger partial charge in [-0.05, 0) is 32.1 Å². The van der Waals surface area contributed by atoms with Gasteiger partial charge in [0.25, 0.3) is 0 Å². The molecular formula is C35H63O13P. The van der Waals surface area contributed by atoms with Crippen molar-refractivity contribution in [3.8, 4) is 0 Å². The molecule has 0 aromatic heterocycles. The molecule has 0 radical (unpaired) electrons. The van der Waals surface area contributed by atoms with Crippen LogP contribution in [0.25, 0.3) is 0 Å². The van der Waals surface area contributed by atoms with Gasteiger partial charge >= 0.3 is 19.8 Å². The summed E-state index contributed by atoms with van der Waals surface area (Å²) in [6, 6.07) is 0. The van der Waals surface area contributed by atoms with Gasteiger partial charge < -0.3 is 39.9 Å². The standard InChI is InChI=1S/C35H63O13P/c1-3-5-7-9-11-12-13-14-15-16-18-20-22-24-29(37)47-27(25-45-28(36)23-21-19-17-10-8-6-4-2)26-46-49(43,44)48-35-33(41)31(39)30(38)32(40)34(35)42/h14-15,18,20,27,30-35,38-42H,3-13,16-17,19,21-26H2,1-2H3,(H,43,44)/b15-14+,20-18+/t27?,30?,31-,32?,33?,34?,35?/m1/s1. The third-order valence-corrected chi connectivity index (χ3v) is 9.29. The molecule has 286 valence electrons. The topological polar surface area (TPSA) is 210 Å². The van der Waals surface area contributed by atoms with Crippen LogP contribution in [0.4, 0.5) is 0 Å². The highest BCUT2D eigenvalue weighted by Gasteiger charge is 2.51. The molecule has 6 N–H and O–H groups in total. The maximum atomic E-state index is 12.7. The van der Waals surface area contributed by atoms with Gasteiger partial charge in [-0.3, -0.25) is 18.6 Å². The largest absolute Gasteiger partial charge is 0.472 e. The molecule has 0 aromatic rings. The van der Waals surface area contributed by atoms with Gasteiger partial charge in [0.15, 0.2) is 6.10 Å². The highest BCUT2D eigenvalue weighted by atomic mass is 31.2. The van der Waals surface area contributed by atoms with E-state index in [1.54, 1.807) is 0 Å². The van der Waals surface area contributed by atoms with Gasteiger partial charge in [-0.1, -0.05) is 109 Å². The summed E-state index contributed by atoms with van der Waals surface area (Å²) >= 11 is 0. The second-order valence-corrected chi connectivity index (χ2v) is 14.1. The predicted molar refractivity (Wildman–Crippen MR) is 184 cm³/mol. The lowest BCUT2D eigenvalue weighted by molar-refractivity contribution is -0.220. The summed E-state index contributed by atoms with van der Waals surface area (Å²) in [4.78, 5) is 35.2. The van der Waals surface area contributed by atoms with Gasteiger partial charge in [-0.25, -0.2) is 4.57 Å². The molecule has 1 aliphatic carbocycles. The Balaban J connectivity index is 2.62. The summed E-state index contributed by atoms with van der Waals surface area (Å²) in [6.07, 6.45) is 11.7. The third-order valence-electron chi connectivity index (χ3n) is 8.31. The highest BCUT2D eigenvalue weighted by molar-refractivity contribution is 7.47. The molecule has 8 atom stereocenters. The highest BCUT2D eigenvalue weighted by Crippen LogP contribution is 2.47. The molecule has 0 aliphatic heterocycles. The van der Waals surface area contributed by atoms with Crippen molar-refractivity contribution in [3.63, 3.8) is 0 Å². The van der Waals surface area contributed by atoms with E-state index in [4.69, 9.17) is 18.5 Å². The Labute approximate surface area is 292 Å². The molecule has 7 unspecified atom stereocenters. The van der Waals surface area contributed by atoms with Crippen LogP contribution < -0.4 is 0 Å². The molecule has 0 saturated heterocycles. The SMILES string of the molecule is CCCCCCCC/C=C/C/C=C/CCC(=O)OC(COC(=O)CCCCCCCCC)COP(=O)(O)OC1C(O)C(O)C(O)[C@@H](O)C1O. The maximum Gasteiger partial charge on any atom is 0.472 e. The van der Waals surface area contributed by atoms with Crippen molar-refractivity contribution in [2.45, 2.75) is 172 Å². The summed E-state index contributed by atoms with van der Waals surface area (Å²) in [7, 11) is -5.11. The number of phosphoric acid groups is 1. The number of carbonyl (C=O) groups excluding carboxylic acids is 2. The number of hydrogen-bond acceptors (Lipinski definition) is 12. The molecule has 1 rings (SSSR count). The van der Waals surface area contributed by atoms with Crippen LogP contribution in [-0.2, 0) is 32.7 Å². The molecule has 49 heavy (non-hydrogen) atoms. The van der Waals surface area contributed by atoms with E-state index in [0.717, 1.165) is 44.9 Å². The van der Waals surface area contributed by atoms with Gasteiger partial charge in [0.05, 0.1) is 6.61 Å². The number of rotatable bonds is 28. The minimum Gasteiger partial charge on any atom is -0.462 e. The second-order valence-electron chi connectivity index (χ2n) is 12.7. The van der Waals surface area contributed by atoms with E-state index in [-0.39, 0.29) is 12.8 Å². The number of unbranched alkanes of at least 4 members (excludes halogenated alkanes) is 12. The maximum absolute atomic E-state index is 12.7. The molecule has 14 heteroatoms. The van der Waals surface area contributed by atoms with Crippen LogP contribution in [0.1, 0.15) is 129 Å². The van der Waals surface area contributed by atoms with Crippen LogP contribution in [-0.4, -0.2) is 98.3 Å². The van der Waals surface area contributed by atoms with Crippen molar-refractivity contribution in [1.29, 1.82) is 0 Å². The Bertz CT molecular complexity index is 975. The van der Waals surface area contributed by atoms with Gasteiger partial charge in [0, 0.05) is 12.8 Å². The zero-order chi connectivity index (χ0) is 36.5. The lowest BCUT2D eigenvalue weighted by Gasteiger charge is -2.41. The fraction of sp³-hybridized carbons (Fsp3) is 0.829. The molecule has 0 aromatic carbocycles. The lowest BCUT2D eigenvalue weighted by atomic mass is 9.85. The first kappa shape index (κ1) is 45.4. The lowest BCUT2D eigenvalue weighted by Crippen LogP contribution is -2.64. The zero-order valence-electron chi connectivity index (χ0n) is 29.5. The molecule has 1 aliphatic rings. The number of phosphoric ester groups is 1. The Morgan fingerprint density at radius 3 is 1.73 bits per heavy atom. The summed E-state index contributed by atoms with van der Waals surface area (Å²) < 4.78 is 33.1. The van der Waals surface area contributed by atoms with Crippen LogP contribution >= 0.6 is 7.82 Å². The average Bonchev–Trinajstić information content (AvgIpc) is 3.07. The Morgan fingerprint density at radius 2 is 1.14 bits per heavy atom. The summed E-state index contributed by atoms with van der Waals surface area (Å²) in [5.41, 5.74) is 0. The van der Waals surface area contributed by atoms with Crippen LogP contribution in [0.5, 0.6) is 0 Å².